The number of halogens is 3. The molecule has 18 heavy (non-hydrogen) atoms. The normalized spacial score (nSPS) is 10.2. The van der Waals surface area contributed by atoms with Gasteiger partial charge in [0.1, 0.15) is 5.56 Å². The number of nitro benzene ring substituents is 1. The van der Waals surface area contributed by atoms with Crippen LogP contribution in [0.1, 0.15) is 16.8 Å². The lowest BCUT2D eigenvalue weighted by molar-refractivity contribution is -0.385. The maximum absolute atomic E-state index is 13.0. The van der Waals surface area contributed by atoms with E-state index in [1.807, 2.05) is 0 Å². The number of nitro groups is 1. The van der Waals surface area contributed by atoms with Crippen molar-refractivity contribution in [2.75, 3.05) is 11.0 Å². The molecule has 0 aromatic heterocycles. The van der Waals surface area contributed by atoms with Gasteiger partial charge >= 0.3 is 0 Å². The van der Waals surface area contributed by atoms with Crippen molar-refractivity contribution in [2.24, 2.45) is 0 Å². The smallest absolute Gasteiger partial charge is 0.285 e. The summed E-state index contributed by atoms with van der Waals surface area (Å²) < 4.78 is 26.7. The maximum atomic E-state index is 13.0. The molecule has 98 valence electrons. The zero-order chi connectivity index (χ0) is 13.7. The van der Waals surface area contributed by atoms with E-state index in [-0.39, 0.29) is 0 Å². The van der Waals surface area contributed by atoms with Gasteiger partial charge in [0.25, 0.3) is 11.6 Å². The largest absolute Gasteiger partial charge is 0.352 e. The summed E-state index contributed by atoms with van der Waals surface area (Å²) in [6.07, 6.45) is 0.684. The van der Waals surface area contributed by atoms with E-state index in [1.54, 1.807) is 0 Å². The van der Waals surface area contributed by atoms with E-state index in [0.29, 0.717) is 25.1 Å². The van der Waals surface area contributed by atoms with Crippen molar-refractivity contribution in [3.63, 3.8) is 0 Å². The highest BCUT2D eigenvalue weighted by Gasteiger charge is 2.23. The third-order valence-electron chi connectivity index (χ3n) is 2.08. The molecule has 1 aromatic carbocycles. The van der Waals surface area contributed by atoms with Crippen molar-refractivity contribution >= 4 is 34.2 Å². The van der Waals surface area contributed by atoms with E-state index >= 15 is 0 Å². The second-order valence-electron chi connectivity index (χ2n) is 3.34. The predicted octanol–water partition coefficient (Wildman–Crippen LogP) is 2.43. The molecule has 0 unspecified atom stereocenters. The van der Waals surface area contributed by atoms with Crippen LogP contribution in [0.15, 0.2) is 12.1 Å². The van der Waals surface area contributed by atoms with Gasteiger partial charge in [-0.2, -0.15) is 0 Å². The first-order chi connectivity index (χ1) is 8.47. The van der Waals surface area contributed by atoms with Gasteiger partial charge in [-0.1, -0.05) is 22.6 Å². The first-order valence-electron chi connectivity index (χ1n) is 4.95. The Morgan fingerprint density at radius 2 is 2.00 bits per heavy atom. The summed E-state index contributed by atoms with van der Waals surface area (Å²) in [7, 11) is 0. The van der Waals surface area contributed by atoms with Crippen molar-refractivity contribution in [3.05, 3.63) is 39.4 Å². The van der Waals surface area contributed by atoms with Gasteiger partial charge in [0.15, 0.2) is 11.6 Å². The Hall–Kier alpha value is -1.32. The van der Waals surface area contributed by atoms with E-state index in [1.165, 1.54) is 0 Å². The molecule has 0 spiro atoms. The molecule has 0 saturated carbocycles. The fourth-order valence-corrected chi connectivity index (χ4v) is 1.61. The SMILES string of the molecule is O=C(NCCCI)c1cc(F)c(F)cc1[N+](=O)[O-]. The Bertz CT molecular complexity index is 482. The number of carbonyl (C=O) groups excluding carboxylic acids is 1. The summed E-state index contributed by atoms with van der Waals surface area (Å²) in [5.41, 5.74) is -1.23. The zero-order valence-electron chi connectivity index (χ0n) is 9.08. The van der Waals surface area contributed by atoms with Crippen molar-refractivity contribution in [2.45, 2.75) is 6.42 Å². The van der Waals surface area contributed by atoms with Gasteiger partial charge in [0.2, 0.25) is 0 Å². The Balaban J connectivity index is 3.02. The highest BCUT2D eigenvalue weighted by atomic mass is 127. The Labute approximate surface area is 115 Å². The van der Waals surface area contributed by atoms with Crippen molar-refractivity contribution in [1.29, 1.82) is 0 Å². The zero-order valence-corrected chi connectivity index (χ0v) is 11.2. The van der Waals surface area contributed by atoms with Gasteiger partial charge in [-0.15, -0.1) is 0 Å². The molecule has 0 bridgehead atoms. The van der Waals surface area contributed by atoms with Gasteiger partial charge in [-0.25, -0.2) is 8.78 Å². The highest BCUT2D eigenvalue weighted by Crippen LogP contribution is 2.22. The molecular formula is C10H9F2IN2O3. The number of nitrogens with zero attached hydrogens (tertiary/aromatic N) is 1. The quantitative estimate of drug-likeness (QED) is 0.285. The number of nitrogens with one attached hydrogen (secondary N) is 1. The minimum atomic E-state index is -1.36. The van der Waals surface area contributed by atoms with Crippen LogP contribution >= 0.6 is 22.6 Å². The Morgan fingerprint density at radius 3 is 2.56 bits per heavy atom. The molecule has 0 heterocycles. The summed E-state index contributed by atoms with van der Waals surface area (Å²) in [5, 5.41) is 13.1. The molecule has 0 fully saturated rings. The molecule has 1 N–H and O–H groups in total. The monoisotopic (exact) mass is 370 g/mol. The number of rotatable bonds is 5. The first-order valence-corrected chi connectivity index (χ1v) is 6.47. The minimum absolute atomic E-state index is 0.317. The second kappa shape index (κ2) is 6.57. The van der Waals surface area contributed by atoms with E-state index in [9.17, 15) is 23.7 Å². The number of alkyl halides is 1. The summed E-state index contributed by atoms with van der Waals surface area (Å²) in [6.45, 7) is 0.317. The van der Waals surface area contributed by atoms with E-state index in [0.717, 1.165) is 4.43 Å². The molecular weight excluding hydrogens is 361 g/mol. The fourth-order valence-electron chi connectivity index (χ4n) is 1.23. The van der Waals surface area contributed by atoms with Gasteiger partial charge in [0.05, 0.1) is 11.0 Å². The molecule has 0 aliphatic carbocycles. The third kappa shape index (κ3) is 3.59. The van der Waals surface area contributed by atoms with E-state index in [2.05, 4.69) is 27.9 Å². The minimum Gasteiger partial charge on any atom is -0.352 e. The predicted molar refractivity (Wildman–Crippen MR) is 68.8 cm³/mol. The summed E-state index contributed by atoms with van der Waals surface area (Å²) in [4.78, 5) is 21.3. The second-order valence-corrected chi connectivity index (χ2v) is 4.42. The van der Waals surface area contributed by atoms with Crippen LogP contribution in [0.4, 0.5) is 14.5 Å². The van der Waals surface area contributed by atoms with Crippen LogP contribution in [-0.4, -0.2) is 21.8 Å². The molecule has 0 aliphatic rings. The number of benzene rings is 1. The molecule has 5 nitrogen and oxygen atoms in total. The van der Waals surface area contributed by atoms with E-state index in [4.69, 9.17) is 0 Å². The highest BCUT2D eigenvalue weighted by molar-refractivity contribution is 14.1. The average Bonchev–Trinajstić information content (AvgIpc) is 2.32. The average molecular weight is 370 g/mol. The molecule has 0 atom stereocenters. The number of carbonyl (C=O) groups is 1. The summed E-state index contributed by atoms with van der Waals surface area (Å²) in [5.74, 6) is -3.43. The van der Waals surface area contributed by atoms with E-state index < -0.39 is 33.7 Å². The van der Waals surface area contributed by atoms with Gasteiger partial charge in [0, 0.05) is 11.0 Å². The lowest BCUT2D eigenvalue weighted by Crippen LogP contribution is -2.25. The van der Waals surface area contributed by atoms with Gasteiger partial charge < -0.3 is 5.32 Å². The maximum Gasteiger partial charge on any atom is 0.285 e. The summed E-state index contributed by atoms with van der Waals surface area (Å²) >= 11 is 2.11. The van der Waals surface area contributed by atoms with Crippen LogP contribution in [0, 0.1) is 21.7 Å². The van der Waals surface area contributed by atoms with Crippen LogP contribution in [0.5, 0.6) is 0 Å². The number of amides is 1. The molecule has 0 saturated heterocycles. The molecule has 0 radical (unpaired) electrons. The molecule has 1 aromatic rings. The van der Waals surface area contributed by atoms with Crippen LogP contribution in [-0.2, 0) is 0 Å². The molecule has 1 amide bonds. The Kier molecular flexibility index (Phi) is 5.38. The number of hydrogen-bond acceptors (Lipinski definition) is 3. The van der Waals surface area contributed by atoms with Gasteiger partial charge in [-0.3, -0.25) is 14.9 Å². The van der Waals surface area contributed by atoms with Crippen molar-refractivity contribution in [1.82, 2.24) is 5.32 Å². The van der Waals surface area contributed by atoms with Crippen molar-refractivity contribution < 1.29 is 18.5 Å². The van der Waals surface area contributed by atoms with Crippen LogP contribution in [0.25, 0.3) is 0 Å². The fraction of sp³-hybridized carbons (Fsp3) is 0.300. The summed E-state index contributed by atoms with van der Waals surface area (Å²) in [6, 6.07) is 0.940. The standard InChI is InChI=1S/C10H9F2IN2O3/c11-7-4-6(10(16)14-3-1-2-13)9(15(17)18)5-8(7)12/h4-5H,1-3H2,(H,14,16). The Morgan fingerprint density at radius 1 is 1.39 bits per heavy atom. The molecule has 8 heteroatoms. The third-order valence-corrected chi connectivity index (χ3v) is 2.84. The van der Waals surface area contributed by atoms with Crippen LogP contribution in [0.2, 0.25) is 0 Å². The van der Waals surface area contributed by atoms with Gasteiger partial charge in [-0.05, 0) is 12.5 Å². The van der Waals surface area contributed by atoms with Crippen LogP contribution in [0.3, 0.4) is 0 Å². The molecule has 0 aliphatic heterocycles. The number of hydrogen-bond donors (Lipinski definition) is 1. The lowest BCUT2D eigenvalue weighted by Gasteiger charge is -2.05. The topological polar surface area (TPSA) is 72.2 Å². The first kappa shape index (κ1) is 14.7. The lowest BCUT2D eigenvalue weighted by atomic mass is 10.1. The van der Waals surface area contributed by atoms with Crippen LogP contribution < -0.4 is 5.32 Å². The molecule has 1 rings (SSSR count). The van der Waals surface area contributed by atoms with Crippen molar-refractivity contribution in [3.8, 4) is 0 Å².